The molecule has 0 aliphatic carbocycles. The van der Waals surface area contributed by atoms with Crippen LogP contribution in [0.3, 0.4) is 0 Å². The molecule has 15 heavy (non-hydrogen) atoms. The lowest BCUT2D eigenvalue weighted by molar-refractivity contribution is 0.0983. The van der Waals surface area contributed by atoms with Gasteiger partial charge in [0.1, 0.15) is 0 Å². The lowest BCUT2D eigenvalue weighted by atomic mass is 9.99. The van der Waals surface area contributed by atoms with E-state index in [1.165, 1.54) is 38.8 Å². The highest BCUT2D eigenvalue weighted by Crippen LogP contribution is 2.20. The molecule has 0 aromatic rings. The molecule has 0 amide bonds. The predicted molar refractivity (Wildman–Crippen MR) is 67.2 cm³/mol. The lowest BCUT2D eigenvalue weighted by Gasteiger charge is -2.40. The molecular formula is C13H28N2. The highest BCUT2D eigenvalue weighted by atomic mass is 15.2. The molecule has 1 N–H and O–H groups in total. The summed E-state index contributed by atoms with van der Waals surface area (Å²) in [6, 6.07) is 2.14. The van der Waals surface area contributed by atoms with Crippen molar-refractivity contribution in [3.8, 4) is 0 Å². The summed E-state index contributed by atoms with van der Waals surface area (Å²) in [7, 11) is 0. The van der Waals surface area contributed by atoms with Gasteiger partial charge in [-0.3, -0.25) is 4.90 Å². The van der Waals surface area contributed by atoms with Crippen LogP contribution in [0.2, 0.25) is 0 Å². The highest BCUT2D eigenvalue weighted by Gasteiger charge is 2.25. The Kier molecular flexibility index (Phi) is 5.62. The van der Waals surface area contributed by atoms with E-state index in [-0.39, 0.29) is 0 Å². The summed E-state index contributed by atoms with van der Waals surface area (Å²) in [6.45, 7) is 11.6. The van der Waals surface area contributed by atoms with Crippen molar-refractivity contribution in [2.75, 3.05) is 13.1 Å². The van der Waals surface area contributed by atoms with Crippen molar-refractivity contribution >= 4 is 0 Å². The molecule has 90 valence electrons. The Morgan fingerprint density at radius 1 is 1.27 bits per heavy atom. The van der Waals surface area contributed by atoms with Crippen molar-refractivity contribution in [3.63, 3.8) is 0 Å². The molecule has 2 heteroatoms. The molecule has 1 rings (SSSR count). The van der Waals surface area contributed by atoms with Crippen molar-refractivity contribution in [1.29, 1.82) is 0 Å². The van der Waals surface area contributed by atoms with Gasteiger partial charge < -0.3 is 5.32 Å². The monoisotopic (exact) mass is 212 g/mol. The summed E-state index contributed by atoms with van der Waals surface area (Å²) in [6.07, 6.45) is 5.46. The predicted octanol–water partition coefficient (Wildman–Crippen LogP) is 2.64. The Labute approximate surface area is 95.4 Å². The fraction of sp³-hybridized carbons (Fsp3) is 1.00. The third-order valence-corrected chi connectivity index (χ3v) is 3.59. The van der Waals surface area contributed by atoms with Crippen LogP contribution < -0.4 is 5.32 Å². The number of rotatable bonds is 5. The van der Waals surface area contributed by atoms with Crippen LogP contribution in [0.25, 0.3) is 0 Å². The Morgan fingerprint density at radius 3 is 2.60 bits per heavy atom. The molecule has 0 aromatic carbocycles. The molecule has 2 unspecified atom stereocenters. The minimum absolute atomic E-state index is 0.616. The largest absolute Gasteiger partial charge is 0.313 e. The fourth-order valence-corrected chi connectivity index (χ4v) is 2.43. The van der Waals surface area contributed by atoms with Crippen molar-refractivity contribution in [3.05, 3.63) is 0 Å². The molecule has 1 aliphatic rings. The molecule has 0 radical (unpaired) electrons. The molecule has 1 aliphatic heterocycles. The highest BCUT2D eigenvalue weighted by molar-refractivity contribution is 4.82. The summed E-state index contributed by atoms with van der Waals surface area (Å²) in [5.74, 6) is 0. The van der Waals surface area contributed by atoms with Gasteiger partial charge in [0.25, 0.3) is 0 Å². The van der Waals surface area contributed by atoms with E-state index >= 15 is 0 Å². The van der Waals surface area contributed by atoms with E-state index in [0.29, 0.717) is 6.04 Å². The zero-order valence-electron chi connectivity index (χ0n) is 10.9. The second kappa shape index (κ2) is 6.49. The van der Waals surface area contributed by atoms with Crippen molar-refractivity contribution in [1.82, 2.24) is 10.2 Å². The first-order valence-electron chi connectivity index (χ1n) is 6.64. The maximum absolute atomic E-state index is 3.58. The van der Waals surface area contributed by atoms with Gasteiger partial charge in [-0.05, 0) is 32.7 Å². The van der Waals surface area contributed by atoms with Crippen LogP contribution in [-0.4, -0.2) is 36.1 Å². The van der Waals surface area contributed by atoms with E-state index in [2.05, 4.69) is 37.9 Å². The molecule has 0 spiro atoms. The maximum Gasteiger partial charge on any atom is 0.0223 e. The smallest absolute Gasteiger partial charge is 0.0223 e. The second-order valence-corrected chi connectivity index (χ2v) is 5.21. The van der Waals surface area contributed by atoms with Crippen LogP contribution in [0, 0.1) is 0 Å². The van der Waals surface area contributed by atoms with Gasteiger partial charge in [0.15, 0.2) is 0 Å². The number of hydrogen-bond donors (Lipinski definition) is 1. The van der Waals surface area contributed by atoms with E-state index < -0.39 is 0 Å². The summed E-state index contributed by atoms with van der Waals surface area (Å²) in [4.78, 5) is 2.71. The van der Waals surface area contributed by atoms with Gasteiger partial charge in [-0.25, -0.2) is 0 Å². The van der Waals surface area contributed by atoms with Crippen molar-refractivity contribution in [2.45, 2.75) is 71.5 Å². The Balaban J connectivity index is 2.42. The van der Waals surface area contributed by atoms with Gasteiger partial charge in [0.05, 0.1) is 0 Å². The maximum atomic E-state index is 3.58. The van der Waals surface area contributed by atoms with E-state index in [4.69, 9.17) is 0 Å². The van der Waals surface area contributed by atoms with Crippen LogP contribution in [-0.2, 0) is 0 Å². The first-order chi connectivity index (χ1) is 7.15. The first-order valence-corrected chi connectivity index (χ1v) is 6.64. The average molecular weight is 212 g/mol. The molecule has 1 heterocycles. The van der Waals surface area contributed by atoms with E-state index in [9.17, 15) is 0 Å². The minimum Gasteiger partial charge on any atom is -0.313 e. The van der Waals surface area contributed by atoms with Crippen LogP contribution in [0.5, 0.6) is 0 Å². The number of likely N-dealkylation sites (tertiary alicyclic amines) is 1. The molecule has 1 fully saturated rings. The molecule has 2 atom stereocenters. The number of hydrogen-bond acceptors (Lipinski definition) is 2. The van der Waals surface area contributed by atoms with Crippen LogP contribution in [0.1, 0.15) is 53.4 Å². The quantitative estimate of drug-likeness (QED) is 0.753. The molecule has 2 nitrogen and oxygen atoms in total. The molecule has 0 aromatic heterocycles. The van der Waals surface area contributed by atoms with E-state index in [1.54, 1.807) is 0 Å². The molecular weight excluding hydrogens is 184 g/mol. The van der Waals surface area contributed by atoms with E-state index in [0.717, 1.165) is 12.1 Å². The summed E-state index contributed by atoms with van der Waals surface area (Å²) < 4.78 is 0. The zero-order valence-corrected chi connectivity index (χ0v) is 10.9. The third-order valence-electron chi connectivity index (χ3n) is 3.59. The van der Waals surface area contributed by atoms with Crippen molar-refractivity contribution in [2.24, 2.45) is 0 Å². The zero-order chi connectivity index (χ0) is 11.3. The molecule has 1 saturated heterocycles. The topological polar surface area (TPSA) is 15.3 Å². The Morgan fingerprint density at radius 2 is 2.00 bits per heavy atom. The first kappa shape index (κ1) is 13.0. The number of nitrogens with zero attached hydrogens (tertiary/aromatic N) is 1. The third kappa shape index (κ3) is 4.12. The van der Waals surface area contributed by atoms with Gasteiger partial charge in [-0.1, -0.05) is 27.2 Å². The Bertz CT molecular complexity index is 168. The summed E-state index contributed by atoms with van der Waals surface area (Å²) in [5.41, 5.74) is 0. The lowest BCUT2D eigenvalue weighted by Crippen LogP contribution is -2.50. The van der Waals surface area contributed by atoms with Gasteiger partial charge in [-0.15, -0.1) is 0 Å². The molecule has 0 bridgehead atoms. The summed E-state index contributed by atoms with van der Waals surface area (Å²) >= 11 is 0. The minimum atomic E-state index is 0.616. The van der Waals surface area contributed by atoms with Gasteiger partial charge in [0.2, 0.25) is 0 Å². The van der Waals surface area contributed by atoms with Gasteiger partial charge in [-0.2, -0.15) is 0 Å². The standard InChI is InChI=1S/C13H28N2/c1-5-12(4)15-9-7-6-8-13(15)10-14-11(2)3/h11-14H,5-10H2,1-4H3. The average Bonchev–Trinajstić information content (AvgIpc) is 2.25. The SMILES string of the molecule is CCC(C)N1CCCCC1CNC(C)C. The van der Waals surface area contributed by atoms with Crippen LogP contribution >= 0.6 is 0 Å². The van der Waals surface area contributed by atoms with Gasteiger partial charge in [0, 0.05) is 24.7 Å². The van der Waals surface area contributed by atoms with Crippen LogP contribution in [0.4, 0.5) is 0 Å². The second-order valence-electron chi connectivity index (χ2n) is 5.21. The van der Waals surface area contributed by atoms with E-state index in [1.807, 2.05) is 0 Å². The van der Waals surface area contributed by atoms with Crippen LogP contribution in [0.15, 0.2) is 0 Å². The normalized spacial score (nSPS) is 25.8. The fourth-order valence-electron chi connectivity index (χ4n) is 2.43. The number of nitrogens with one attached hydrogen (secondary N) is 1. The number of piperidine rings is 1. The summed E-state index contributed by atoms with van der Waals surface area (Å²) in [5, 5.41) is 3.58. The van der Waals surface area contributed by atoms with Crippen molar-refractivity contribution < 1.29 is 0 Å². The van der Waals surface area contributed by atoms with Gasteiger partial charge >= 0.3 is 0 Å². The Hall–Kier alpha value is -0.0800. The molecule has 0 saturated carbocycles.